The van der Waals surface area contributed by atoms with Gasteiger partial charge in [0, 0.05) is 0 Å². The maximum atomic E-state index is 8.20. The van der Waals surface area contributed by atoms with Crippen molar-refractivity contribution < 1.29 is 9.47 Å². The Hall–Kier alpha value is -1.17. The fourth-order valence-corrected chi connectivity index (χ4v) is 0.462. The predicted octanol–water partition coefficient (Wildman–Crippen LogP) is 1.42. The van der Waals surface area contributed by atoms with Gasteiger partial charge in [-0.05, 0) is 13.8 Å². The lowest BCUT2D eigenvalue weighted by Crippen LogP contribution is -1.96. The van der Waals surface area contributed by atoms with E-state index < -0.39 is 0 Å². The van der Waals surface area contributed by atoms with E-state index in [-0.39, 0.29) is 0 Å². The number of rotatable bonds is 4. The molecule has 0 amide bonds. The molecule has 56 valence electrons. The molecule has 0 saturated carbocycles. The van der Waals surface area contributed by atoms with Crippen LogP contribution in [0.2, 0.25) is 0 Å². The maximum absolute atomic E-state index is 8.20. The highest BCUT2D eigenvalue weighted by Crippen LogP contribution is 1.97. The van der Waals surface area contributed by atoms with Gasteiger partial charge < -0.3 is 9.47 Å². The van der Waals surface area contributed by atoms with Crippen molar-refractivity contribution in [1.29, 1.82) is 5.26 Å². The summed E-state index contributed by atoms with van der Waals surface area (Å²) >= 11 is 0. The molecule has 0 fully saturated rings. The minimum atomic E-state index is 0.299. The second-order valence-electron chi connectivity index (χ2n) is 1.46. The van der Waals surface area contributed by atoms with E-state index in [1.54, 1.807) is 0 Å². The zero-order valence-corrected chi connectivity index (χ0v) is 6.26. The Morgan fingerprint density at radius 3 is 2.20 bits per heavy atom. The normalized spacial score (nSPS) is 7.70. The van der Waals surface area contributed by atoms with Crippen LogP contribution in [0.5, 0.6) is 0 Å². The number of hydrogen-bond acceptors (Lipinski definition) is 3. The molecule has 0 aliphatic rings. The van der Waals surface area contributed by atoms with Gasteiger partial charge >= 0.3 is 0 Å². The van der Waals surface area contributed by atoms with Gasteiger partial charge in [-0.25, -0.2) is 0 Å². The van der Waals surface area contributed by atoms with Gasteiger partial charge in [-0.1, -0.05) is 0 Å². The molecular formula is C7H11NO2. The number of hydrogen-bond donors (Lipinski definition) is 0. The van der Waals surface area contributed by atoms with E-state index in [2.05, 4.69) is 0 Å². The summed E-state index contributed by atoms with van der Waals surface area (Å²) in [5, 5.41) is 8.20. The van der Waals surface area contributed by atoms with Crippen LogP contribution in [-0.2, 0) is 9.47 Å². The molecule has 0 atom stereocenters. The van der Waals surface area contributed by atoms with Crippen molar-refractivity contribution in [3.8, 4) is 6.07 Å². The van der Waals surface area contributed by atoms with Crippen molar-refractivity contribution in [2.45, 2.75) is 13.8 Å². The van der Waals surface area contributed by atoms with E-state index in [1.165, 1.54) is 6.08 Å². The van der Waals surface area contributed by atoms with Crippen LogP contribution >= 0.6 is 0 Å². The molecule has 0 rings (SSSR count). The maximum Gasteiger partial charge on any atom is 0.290 e. The molecule has 0 spiro atoms. The zero-order valence-electron chi connectivity index (χ0n) is 6.26. The topological polar surface area (TPSA) is 42.2 Å². The molecule has 0 heterocycles. The first-order valence-electron chi connectivity index (χ1n) is 3.20. The minimum absolute atomic E-state index is 0.299. The van der Waals surface area contributed by atoms with Crippen molar-refractivity contribution >= 4 is 0 Å². The number of allylic oxidation sites excluding steroid dienone is 1. The van der Waals surface area contributed by atoms with Gasteiger partial charge in [-0.15, -0.1) is 0 Å². The summed E-state index contributed by atoms with van der Waals surface area (Å²) in [5.41, 5.74) is 0. The van der Waals surface area contributed by atoms with E-state index >= 15 is 0 Å². The Morgan fingerprint density at radius 1 is 1.40 bits per heavy atom. The summed E-state index contributed by atoms with van der Waals surface area (Å²) in [6.45, 7) is 4.72. The van der Waals surface area contributed by atoms with E-state index in [9.17, 15) is 0 Å². The molecule has 0 aromatic heterocycles. The van der Waals surface area contributed by atoms with Crippen LogP contribution in [0.1, 0.15) is 13.8 Å². The van der Waals surface area contributed by atoms with Gasteiger partial charge in [0.05, 0.1) is 25.4 Å². The zero-order chi connectivity index (χ0) is 7.82. The Kier molecular flexibility index (Phi) is 5.26. The second kappa shape index (κ2) is 5.96. The molecule has 0 bridgehead atoms. The molecule has 0 aliphatic heterocycles. The van der Waals surface area contributed by atoms with Crippen LogP contribution in [-0.4, -0.2) is 13.2 Å². The second-order valence-corrected chi connectivity index (χ2v) is 1.46. The number of ether oxygens (including phenoxy) is 2. The molecule has 0 radical (unpaired) electrons. The smallest absolute Gasteiger partial charge is 0.290 e. The van der Waals surface area contributed by atoms with Crippen LogP contribution in [0, 0.1) is 11.3 Å². The average Bonchev–Trinajstić information content (AvgIpc) is 1.90. The van der Waals surface area contributed by atoms with Gasteiger partial charge in [0.25, 0.3) is 5.95 Å². The van der Waals surface area contributed by atoms with Crippen molar-refractivity contribution in [3.05, 3.63) is 12.0 Å². The minimum Gasteiger partial charge on any atom is -0.465 e. The van der Waals surface area contributed by atoms with Gasteiger partial charge in [-0.2, -0.15) is 5.26 Å². The Labute approximate surface area is 60.9 Å². The highest BCUT2D eigenvalue weighted by atomic mass is 16.7. The lowest BCUT2D eigenvalue weighted by atomic mass is 10.6. The molecule has 3 heteroatoms. The lowest BCUT2D eigenvalue weighted by molar-refractivity contribution is 0.0470. The number of nitriles is 1. The Morgan fingerprint density at radius 2 is 1.90 bits per heavy atom. The lowest BCUT2D eigenvalue weighted by Gasteiger charge is -2.05. The molecule has 0 aromatic rings. The van der Waals surface area contributed by atoms with Crippen molar-refractivity contribution in [1.82, 2.24) is 0 Å². The van der Waals surface area contributed by atoms with Gasteiger partial charge in [-0.3, -0.25) is 0 Å². The van der Waals surface area contributed by atoms with E-state index in [4.69, 9.17) is 14.7 Å². The third kappa shape index (κ3) is 3.79. The highest BCUT2D eigenvalue weighted by molar-refractivity contribution is 5.03. The Balaban J connectivity index is 3.75. The Bertz CT molecular complexity index is 138. The average molecular weight is 141 g/mol. The summed E-state index contributed by atoms with van der Waals surface area (Å²) in [6, 6.07) is 1.83. The standard InChI is InChI=1S/C7H11NO2/c1-3-9-7(5-6-8)10-4-2/h5H,3-4H2,1-2H3. The number of nitrogens with zero attached hydrogens (tertiary/aromatic N) is 1. The first kappa shape index (κ1) is 8.83. The molecule has 0 unspecified atom stereocenters. The predicted molar refractivity (Wildman–Crippen MR) is 36.9 cm³/mol. The van der Waals surface area contributed by atoms with Gasteiger partial charge in [0.2, 0.25) is 0 Å². The van der Waals surface area contributed by atoms with Crippen molar-refractivity contribution in [2.75, 3.05) is 13.2 Å². The summed E-state index contributed by atoms with van der Waals surface area (Å²) in [7, 11) is 0. The van der Waals surface area contributed by atoms with Crippen LogP contribution in [0.15, 0.2) is 12.0 Å². The monoisotopic (exact) mass is 141 g/mol. The van der Waals surface area contributed by atoms with Gasteiger partial charge in [0.15, 0.2) is 0 Å². The largest absolute Gasteiger partial charge is 0.465 e. The summed E-state index contributed by atoms with van der Waals surface area (Å²) in [5.74, 6) is 0.299. The fourth-order valence-electron chi connectivity index (χ4n) is 0.462. The summed E-state index contributed by atoms with van der Waals surface area (Å²) < 4.78 is 9.88. The molecule has 10 heavy (non-hydrogen) atoms. The third-order valence-electron chi connectivity index (χ3n) is 0.756. The SMILES string of the molecule is CCOC(=CC#N)OCC. The van der Waals surface area contributed by atoms with Crippen molar-refractivity contribution in [3.63, 3.8) is 0 Å². The van der Waals surface area contributed by atoms with Gasteiger partial charge in [0.1, 0.15) is 0 Å². The van der Waals surface area contributed by atoms with Crippen LogP contribution in [0.25, 0.3) is 0 Å². The fraction of sp³-hybridized carbons (Fsp3) is 0.571. The van der Waals surface area contributed by atoms with Crippen molar-refractivity contribution in [2.24, 2.45) is 0 Å². The molecule has 3 nitrogen and oxygen atoms in total. The molecule has 0 aliphatic carbocycles. The molecular weight excluding hydrogens is 130 g/mol. The van der Waals surface area contributed by atoms with E-state index in [1.807, 2.05) is 19.9 Å². The highest BCUT2D eigenvalue weighted by Gasteiger charge is 1.93. The van der Waals surface area contributed by atoms with Crippen LogP contribution in [0.4, 0.5) is 0 Å². The first-order valence-corrected chi connectivity index (χ1v) is 3.20. The van der Waals surface area contributed by atoms with Crippen LogP contribution < -0.4 is 0 Å². The molecule has 0 saturated heterocycles. The van der Waals surface area contributed by atoms with E-state index in [0.717, 1.165) is 0 Å². The third-order valence-corrected chi connectivity index (χ3v) is 0.756. The van der Waals surface area contributed by atoms with E-state index in [0.29, 0.717) is 19.2 Å². The molecule has 0 N–H and O–H groups in total. The molecule has 0 aromatic carbocycles. The quantitative estimate of drug-likeness (QED) is 0.439. The first-order chi connectivity index (χ1) is 4.85. The summed E-state index contributed by atoms with van der Waals surface area (Å²) in [6.07, 6.45) is 1.24. The summed E-state index contributed by atoms with van der Waals surface area (Å²) in [4.78, 5) is 0. The van der Waals surface area contributed by atoms with Crippen LogP contribution in [0.3, 0.4) is 0 Å².